The minimum absolute atomic E-state index is 0.154. The van der Waals surface area contributed by atoms with Crippen molar-refractivity contribution in [2.24, 2.45) is 0 Å². The molecule has 32 heavy (non-hydrogen) atoms. The summed E-state index contributed by atoms with van der Waals surface area (Å²) >= 11 is 0. The topological polar surface area (TPSA) is 92.8 Å². The normalized spacial score (nSPS) is 15.0. The molecule has 0 bridgehead atoms. The molecule has 1 aliphatic rings. The number of carbonyl (C=O) groups excluding carboxylic acids is 2. The lowest BCUT2D eigenvalue weighted by atomic mass is 10.1. The maximum absolute atomic E-state index is 12.4. The van der Waals surface area contributed by atoms with Crippen LogP contribution in [0.1, 0.15) is 21.5 Å². The number of benzene rings is 3. The third-order valence-electron chi connectivity index (χ3n) is 4.80. The van der Waals surface area contributed by atoms with Crippen LogP contribution in [0.25, 0.3) is 6.08 Å². The number of hydrogen-bond donors (Lipinski definition) is 1. The average Bonchev–Trinajstić information content (AvgIpc) is 3.09. The van der Waals surface area contributed by atoms with E-state index in [1.807, 2.05) is 41.1 Å². The van der Waals surface area contributed by atoms with Crippen LogP contribution in [0.4, 0.5) is 5.69 Å². The summed E-state index contributed by atoms with van der Waals surface area (Å²) < 4.78 is 33.5. The highest BCUT2D eigenvalue weighted by atomic mass is 32.2. The number of rotatable bonds is 7. The third kappa shape index (κ3) is 4.87. The fourth-order valence-corrected chi connectivity index (χ4v) is 4.38. The van der Waals surface area contributed by atoms with Crippen molar-refractivity contribution in [3.63, 3.8) is 0 Å². The predicted octanol–water partition coefficient (Wildman–Crippen LogP) is 3.34. The Morgan fingerprint density at radius 3 is 2.34 bits per heavy atom. The van der Waals surface area contributed by atoms with Gasteiger partial charge < -0.3 is 4.74 Å². The van der Waals surface area contributed by atoms with Crippen LogP contribution in [0.15, 0.2) is 84.9 Å². The second kappa shape index (κ2) is 9.07. The predicted molar refractivity (Wildman–Crippen MR) is 121 cm³/mol. The first-order chi connectivity index (χ1) is 15.4. The van der Waals surface area contributed by atoms with Crippen molar-refractivity contribution in [3.8, 4) is 5.75 Å². The van der Waals surface area contributed by atoms with Gasteiger partial charge in [-0.1, -0.05) is 72.8 Å². The van der Waals surface area contributed by atoms with E-state index in [1.165, 1.54) is 6.08 Å². The molecule has 1 amide bonds. The second-order valence-corrected chi connectivity index (χ2v) is 8.70. The molecule has 0 spiro atoms. The molecule has 4 rings (SSSR count). The summed E-state index contributed by atoms with van der Waals surface area (Å²) in [5.74, 6) is -0.488. The lowest BCUT2D eigenvalue weighted by Crippen LogP contribution is -2.29. The van der Waals surface area contributed by atoms with Crippen molar-refractivity contribution in [1.29, 1.82) is 0 Å². The van der Waals surface area contributed by atoms with E-state index in [1.54, 1.807) is 48.5 Å². The highest BCUT2D eigenvalue weighted by molar-refractivity contribution is 7.92. The smallest absolute Gasteiger partial charge is 0.326 e. The van der Waals surface area contributed by atoms with E-state index < -0.39 is 16.1 Å². The fraction of sp³-hybridized carbons (Fsp3) is 0.0833. The van der Waals surface area contributed by atoms with Crippen LogP contribution >= 0.6 is 0 Å². The van der Waals surface area contributed by atoms with E-state index in [2.05, 4.69) is 0 Å². The maximum Gasteiger partial charge on any atom is 0.326 e. The summed E-state index contributed by atoms with van der Waals surface area (Å²) in [5, 5.41) is 0. The van der Waals surface area contributed by atoms with Crippen molar-refractivity contribution in [2.75, 3.05) is 10.8 Å². The van der Waals surface area contributed by atoms with Gasteiger partial charge >= 0.3 is 10.2 Å². The summed E-state index contributed by atoms with van der Waals surface area (Å²) in [6, 6.07) is 23.2. The standard InChI is InChI=1S/C24H20N2O5S/c27-22(20-9-5-2-6-10-20)14-12-18-11-13-21(26-16-24(28)25-32(26,29)30)23(15-18)31-17-19-7-3-1-4-8-19/h1-15H,16-17H2,(H,25,28)/b14-12+. The number of hydrogen-bond acceptors (Lipinski definition) is 5. The van der Waals surface area contributed by atoms with E-state index in [0.29, 0.717) is 11.1 Å². The molecule has 3 aromatic carbocycles. The number of anilines is 1. The van der Waals surface area contributed by atoms with Gasteiger partial charge in [0.15, 0.2) is 5.78 Å². The lowest BCUT2D eigenvalue weighted by Gasteiger charge is -2.19. The summed E-state index contributed by atoms with van der Waals surface area (Å²) in [6.45, 7) is -0.120. The Morgan fingerprint density at radius 2 is 1.69 bits per heavy atom. The van der Waals surface area contributed by atoms with Crippen LogP contribution in [0.2, 0.25) is 0 Å². The number of ketones is 1. The molecule has 1 aliphatic heterocycles. The summed E-state index contributed by atoms with van der Waals surface area (Å²) in [7, 11) is -3.99. The zero-order valence-corrected chi connectivity index (χ0v) is 17.8. The van der Waals surface area contributed by atoms with Crippen LogP contribution in [-0.4, -0.2) is 26.7 Å². The van der Waals surface area contributed by atoms with Crippen molar-refractivity contribution in [1.82, 2.24) is 4.72 Å². The molecule has 8 heteroatoms. The quantitative estimate of drug-likeness (QED) is 0.442. The van der Waals surface area contributed by atoms with Gasteiger partial charge in [-0.05, 0) is 29.3 Å². The SMILES string of the molecule is O=C1CN(c2ccc(/C=C/C(=O)c3ccccc3)cc2OCc2ccccc2)S(=O)(=O)N1. The third-order valence-corrected chi connectivity index (χ3v) is 6.19. The van der Waals surface area contributed by atoms with Crippen LogP contribution in [0.5, 0.6) is 5.75 Å². The highest BCUT2D eigenvalue weighted by Crippen LogP contribution is 2.33. The first-order valence-corrected chi connectivity index (χ1v) is 11.3. The van der Waals surface area contributed by atoms with Crippen LogP contribution in [-0.2, 0) is 21.6 Å². The Hall–Kier alpha value is -3.91. The Morgan fingerprint density at radius 1 is 1.00 bits per heavy atom. The Labute approximate surface area is 186 Å². The molecule has 1 N–H and O–H groups in total. The number of amides is 1. The van der Waals surface area contributed by atoms with Crippen molar-refractivity contribution < 1.29 is 22.7 Å². The van der Waals surface area contributed by atoms with Crippen LogP contribution < -0.4 is 13.8 Å². The van der Waals surface area contributed by atoms with Gasteiger partial charge in [-0.3, -0.25) is 9.59 Å². The molecule has 0 atom stereocenters. The monoisotopic (exact) mass is 448 g/mol. The molecule has 162 valence electrons. The lowest BCUT2D eigenvalue weighted by molar-refractivity contribution is -0.117. The van der Waals surface area contributed by atoms with Gasteiger partial charge in [-0.2, -0.15) is 8.42 Å². The molecule has 0 unspecified atom stereocenters. The molecule has 0 aliphatic carbocycles. The van der Waals surface area contributed by atoms with Crippen molar-refractivity contribution >= 4 is 33.7 Å². The minimum Gasteiger partial charge on any atom is -0.487 e. The average molecular weight is 449 g/mol. The maximum atomic E-state index is 12.4. The number of ether oxygens (including phenoxy) is 1. The number of carbonyl (C=O) groups is 2. The molecule has 3 aromatic rings. The van der Waals surface area contributed by atoms with E-state index in [9.17, 15) is 18.0 Å². The molecule has 1 saturated heterocycles. The van der Waals surface area contributed by atoms with Crippen LogP contribution in [0.3, 0.4) is 0 Å². The Balaban J connectivity index is 1.64. The number of nitrogens with zero attached hydrogens (tertiary/aromatic N) is 1. The summed E-state index contributed by atoms with van der Waals surface area (Å²) in [6.07, 6.45) is 3.08. The molecule has 7 nitrogen and oxygen atoms in total. The molecule has 0 aromatic heterocycles. The van der Waals surface area contributed by atoms with Crippen LogP contribution in [0, 0.1) is 0 Å². The molecule has 0 saturated carbocycles. The van der Waals surface area contributed by atoms with E-state index in [0.717, 1.165) is 9.87 Å². The molecule has 1 fully saturated rings. The summed E-state index contributed by atoms with van der Waals surface area (Å²) in [4.78, 5) is 24.1. The van der Waals surface area contributed by atoms with Gasteiger partial charge in [0.05, 0.1) is 5.69 Å². The van der Waals surface area contributed by atoms with E-state index >= 15 is 0 Å². The van der Waals surface area contributed by atoms with Crippen molar-refractivity contribution in [3.05, 3.63) is 102 Å². The Bertz CT molecular complexity index is 1270. The molecule has 1 heterocycles. The van der Waals surface area contributed by atoms with E-state index in [4.69, 9.17) is 4.74 Å². The van der Waals surface area contributed by atoms with Gasteiger partial charge in [-0.15, -0.1) is 0 Å². The molecule has 0 radical (unpaired) electrons. The minimum atomic E-state index is -3.99. The zero-order chi connectivity index (χ0) is 22.6. The summed E-state index contributed by atoms with van der Waals surface area (Å²) in [5.41, 5.74) is 2.36. The van der Waals surface area contributed by atoms with E-state index in [-0.39, 0.29) is 30.4 Å². The van der Waals surface area contributed by atoms with Gasteiger partial charge in [0, 0.05) is 5.56 Å². The number of allylic oxidation sites excluding steroid dienone is 1. The largest absolute Gasteiger partial charge is 0.487 e. The van der Waals surface area contributed by atoms with Gasteiger partial charge in [0.1, 0.15) is 18.9 Å². The first-order valence-electron chi connectivity index (χ1n) is 9.84. The second-order valence-electron chi connectivity index (χ2n) is 7.10. The first kappa shape index (κ1) is 21.3. The zero-order valence-electron chi connectivity index (χ0n) is 17.0. The fourth-order valence-electron chi connectivity index (χ4n) is 3.22. The Kier molecular flexibility index (Phi) is 6.04. The van der Waals surface area contributed by atoms with Gasteiger partial charge in [-0.25, -0.2) is 9.03 Å². The van der Waals surface area contributed by atoms with Crippen molar-refractivity contribution in [2.45, 2.75) is 6.61 Å². The number of nitrogens with one attached hydrogen (secondary N) is 1. The molecular weight excluding hydrogens is 428 g/mol. The molecular formula is C24H20N2O5S. The highest BCUT2D eigenvalue weighted by Gasteiger charge is 2.35. The van der Waals surface area contributed by atoms with Gasteiger partial charge in [0.2, 0.25) is 0 Å². The van der Waals surface area contributed by atoms with Gasteiger partial charge in [0.25, 0.3) is 5.91 Å².